The second-order valence-electron chi connectivity index (χ2n) is 1.11. The van der Waals surface area contributed by atoms with Crippen molar-refractivity contribution < 1.29 is 14.3 Å². The minimum atomic E-state index is 0. The largest absolute Gasteiger partial charge is 0.373 e. The van der Waals surface area contributed by atoms with E-state index in [1.807, 2.05) is 18.2 Å². The molecule has 0 aliphatic heterocycles. The molecule has 0 aliphatic rings. The summed E-state index contributed by atoms with van der Waals surface area (Å²) in [6, 6.07) is 5.72. The highest BCUT2D eigenvalue weighted by Gasteiger charge is 1.58. The van der Waals surface area contributed by atoms with Crippen LogP contribution in [0.2, 0.25) is 0 Å². The Morgan fingerprint density at radius 2 is 1.40 bits per heavy atom. The first kappa shape index (κ1) is 11.3. The molecule has 4 heteroatoms. The van der Waals surface area contributed by atoms with Crippen molar-refractivity contribution in [1.82, 2.24) is 4.98 Å². The van der Waals surface area contributed by atoms with Crippen LogP contribution in [0.3, 0.4) is 0 Å². The summed E-state index contributed by atoms with van der Waals surface area (Å²) in [5.74, 6) is 0. The Labute approximate surface area is 57.1 Å². The van der Waals surface area contributed by atoms with Gasteiger partial charge in [-0.25, -0.2) is 0 Å². The van der Waals surface area contributed by atoms with Crippen molar-refractivity contribution in [2.24, 2.45) is 0 Å². The minimum absolute atomic E-state index is 0. The lowest BCUT2D eigenvalue weighted by Gasteiger charge is -1.70. The van der Waals surface area contributed by atoms with Crippen molar-refractivity contribution in [2.75, 3.05) is 0 Å². The molecule has 1 aromatic heterocycles. The van der Waals surface area contributed by atoms with Crippen LogP contribution >= 0.6 is 0 Å². The van der Waals surface area contributed by atoms with Crippen molar-refractivity contribution >= 4 is 6.15 Å². The van der Waals surface area contributed by atoms with E-state index in [0.29, 0.717) is 0 Å². The predicted molar refractivity (Wildman–Crippen MR) is 31.7 cm³/mol. The van der Waals surface area contributed by atoms with Crippen molar-refractivity contribution in [3.05, 3.63) is 30.6 Å². The average molecular weight is 143 g/mol. The van der Waals surface area contributed by atoms with E-state index in [4.69, 9.17) is 9.59 Å². The fraction of sp³-hybridized carbons (Fsp3) is 0. The molecule has 0 atom stereocenters. The lowest BCUT2D eigenvalue weighted by atomic mass is 10.5. The maximum Gasteiger partial charge on any atom is 0.373 e. The fourth-order valence-corrected chi connectivity index (χ4v) is 0.313. The van der Waals surface area contributed by atoms with Crippen LogP contribution in [-0.4, -0.2) is 11.1 Å². The standard InChI is InChI=1S/C5H5N.CO2.FH/c1-2-4-6-5-3-1;2-1-3;/h1-5H;;1H. The second kappa shape index (κ2) is 10.4. The molecule has 0 fully saturated rings. The van der Waals surface area contributed by atoms with E-state index >= 15 is 0 Å². The van der Waals surface area contributed by atoms with Gasteiger partial charge in [-0.3, -0.25) is 9.69 Å². The number of hydrogen-bond donors (Lipinski definition) is 0. The molecule has 0 unspecified atom stereocenters. The zero-order chi connectivity index (χ0) is 6.95. The monoisotopic (exact) mass is 143 g/mol. The summed E-state index contributed by atoms with van der Waals surface area (Å²) >= 11 is 0. The van der Waals surface area contributed by atoms with Crippen molar-refractivity contribution in [3.8, 4) is 0 Å². The zero-order valence-corrected chi connectivity index (χ0v) is 5.06. The fourth-order valence-electron chi connectivity index (χ4n) is 0.313. The number of carbonyl (C=O) groups excluding carboxylic acids is 2. The summed E-state index contributed by atoms with van der Waals surface area (Å²) < 4.78 is 0. The first-order valence-corrected chi connectivity index (χ1v) is 2.26. The quantitative estimate of drug-likeness (QED) is 0.535. The molecule has 1 heterocycles. The van der Waals surface area contributed by atoms with Gasteiger partial charge < -0.3 is 0 Å². The van der Waals surface area contributed by atoms with E-state index in [9.17, 15) is 0 Å². The third kappa shape index (κ3) is 9.68. The minimum Gasteiger partial charge on any atom is -0.269 e. The van der Waals surface area contributed by atoms with Crippen LogP contribution in [0.25, 0.3) is 0 Å². The van der Waals surface area contributed by atoms with Gasteiger partial charge in [0.1, 0.15) is 0 Å². The predicted octanol–water partition coefficient (Wildman–Crippen LogP) is 0.651. The zero-order valence-electron chi connectivity index (χ0n) is 5.06. The van der Waals surface area contributed by atoms with Gasteiger partial charge in [-0.05, 0) is 12.1 Å². The molecular weight excluding hydrogens is 137 g/mol. The smallest absolute Gasteiger partial charge is 0.269 e. The topological polar surface area (TPSA) is 47.0 Å². The Hall–Kier alpha value is -1.54. The third-order valence-corrected chi connectivity index (χ3v) is 0.566. The van der Waals surface area contributed by atoms with Crippen LogP contribution < -0.4 is 0 Å². The van der Waals surface area contributed by atoms with Crippen LogP contribution in [0, 0.1) is 0 Å². The van der Waals surface area contributed by atoms with Gasteiger partial charge in [0.15, 0.2) is 0 Å². The van der Waals surface area contributed by atoms with E-state index in [1.54, 1.807) is 12.4 Å². The molecule has 0 N–H and O–H groups in total. The number of rotatable bonds is 0. The highest BCUT2D eigenvalue weighted by atomic mass is 19.0. The van der Waals surface area contributed by atoms with Crippen molar-refractivity contribution in [1.29, 1.82) is 0 Å². The van der Waals surface area contributed by atoms with Gasteiger partial charge in [-0.1, -0.05) is 6.07 Å². The summed E-state index contributed by atoms with van der Waals surface area (Å²) in [6.45, 7) is 0. The molecule has 1 rings (SSSR count). The molecule has 0 saturated carbocycles. The van der Waals surface area contributed by atoms with E-state index in [0.717, 1.165) is 0 Å². The number of hydrogen-bond acceptors (Lipinski definition) is 3. The molecule has 0 saturated heterocycles. The Morgan fingerprint density at radius 3 is 1.50 bits per heavy atom. The molecule has 0 aromatic carbocycles. The summed E-state index contributed by atoms with van der Waals surface area (Å²) in [7, 11) is 0. The van der Waals surface area contributed by atoms with Crippen LogP contribution in [0.1, 0.15) is 0 Å². The molecule has 3 nitrogen and oxygen atoms in total. The SMILES string of the molecule is F.O=C=O.c1ccncc1. The summed E-state index contributed by atoms with van der Waals surface area (Å²) in [6.07, 6.45) is 3.75. The van der Waals surface area contributed by atoms with Gasteiger partial charge in [0.25, 0.3) is 0 Å². The Balaban J connectivity index is 0. The van der Waals surface area contributed by atoms with Gasteiger partial charge in [0, 0.05) is 12.4 Å². The summed E-state index contributed by atoms with van der Waals surface area (Å²) in [5.41, 5.74) is 0. The molecule has 0 spiro atoms. The van der Waals surface area contributed by atoms with Gasteiger partial charge in [-0.15, -0.1) is 0 Å². The Morgan fingerprint density at radius 1 is 1.00 bits per heavy atom. The van der Waals surface area contributed by atoms with E-state index in [1.165, 1.54) is 0 Å². The van der Waals surface area contributed by atoms with Gasteiger partial charge >= 0.3 is 6.15 Å². The lowest BCUT2D eigenvalue weighted by molar-refractivity contribution is -0.191. The normalized spacial score (nSPS) is 5.60. The maximum atomic E-state index is 8.12. The van der Waals surface area contributed by atoms with Gasteiger partial charge in [0.05, 0.1) is 0 Å². The Bertz CT molecular complexity index is 146. The first-order chi connectivity index (χ1) is 4.41. The molecule has 10 heavy (non-hydrogen) atoms. The summed E-state index contributed by atoms with van der Waals surface area (Å²) in [4.78, 5) is 20.0. The average Bonchev–Trinajstić information content (AvgIpc) is 1.93. The molecule has 0 bridgehead atoms. The summed E-state index contributed by atoms with van der Waals surface area (Å²) in [5, 5.41) is 0. The van der Waals surface area contributed by atoms with Gasteiger partial charge in [0.2, 0.25) is 0 Å². The number of halogens is 1. The van der Waals surface area contributed by atoms with Crippen molar-refractivity contribution in [3.63, 3.8) is 0 Å². The van der Waals surface area contributed by atoms with Crippen molar-refractivity contribution in [2.45, 2.75) is 0 Å². The number of aromatic nitrogens is 1. The first-order valence-electron chi connectivity index (χ1n) is 2.26. The maximum absolute atomic E-state index is 8.12. The van der Waals surface area contributed by atoms with Gasteiger partial charge in [-0.2, -0.15) is 9.59 Å². The van der Waals surface area contributed by atoms with E-state index < -0.39 is 0 Å². The Kier molecular flexibility index (Phi) is 11.8. The molecular formula is C6H6FNO2. The second-order valence-corrected chi connectivity index (χ2v) is 1.11. The molecule has 1 aromatic rings. The highest BCUT2D eigenvalue weighted by Crippen LogP contribution is 1.73. The van der Waals surface area contributed by atoms with E-state index in [2.05, 4.69) is 4.98 Å². The molecule has 0 aliphatic carbocycles. The molecule has 54 valence electrons. The third-order valence-electron chi connectivity index (χ3n) is 0.566. The molecule has 0 amide bonds. The highest BCUT2D eigenvalue weighted by molar-refractivity contribution is 5.20. The number of nitrogens with zero attached hydrogens (tertiary/aromatic N) is 1. The van der Waals surface area contributed by atoms with Crippen LogP contribution in [0.4, 0.5) is 4.70 Å². The number of pyridine rings is 1. The van der Waals surface area contributed by atoms with Crippen LogP contribution in [-0.2, 0) is 9.59 Å². The molecule has 0 radical (unpaired) electrons. The lowest BCUT2D eigenvalue weighted by Crippen LogP contribution is -1.58. The van der Waals surface area contributed by atoms with Crippen LogP contribution in [0.15, 0.2) is 30.6 Å². The van der Waals surface area contributed by atoms with Crippen LogP contribution in [0.5, 0.6) is 0 Å². The van der Waals surface area contributed by atoms with E-state index in [-0.39, 0.29) is 10.9 Å².